The third kappa shape index (κ3) is 11.1. The number of halogens is 2. The van der Waals surface area contributed by atoms with E-state index >= 15 is 0 Å². The first-order valence-electron chi connectivity index (χ1n) is 15.8. The third-order valence-electron chi connectivity index (χ3n) is 8.28. The van der Waals surface area contributed by atoms with E-state index in [0.717, 1.165) is 19.3 Å². The SMILES string of the molecule is CC(C)[C@H](NC(=O)[C@H](NC(=O)c1cnccn1)C(C)C)C(=O)NC[C@@H]1CCC[C@@H]1CC(=O)NC(CC(F)F)C(=O)C(=O)NC1CC1. The minimum absolute atomic E-state index is 0.0501. The summed E-state index contributed by atoms with van der Waals surface area (Å²) in [6.07, 6.45) is 3.76. The average molecular weight is 650 g/mol. The number of alkyl halides is 2. The lowest BCUT2D eigenvalue weighted by Crippen LogP contribution is -2.57. The molecule has 1 unspecified atom stereocenters. The number of hydrogen-bond acceptors (Lipinski definition) is 8. The number of Topliss-reactive ketones (excluding diaryl/α,β-unsaturated/α-hetero) is 1. The number of ketones is 1. The molecule has 2 aliphatic rings. The van der Waals surface area contributed by atoms with Crippen molar-refractivity contribution in [1.82, 2.24) is 36.6 Å². The van der Waals surface area contributed by atoms with Gasteiger partial charge in [0.1, 0.15) is 23.8 Å². The van der Waals surface area contributed by atoms with Crippen LogP contribution in [0.4, 0.5) is 8.78 Å². The second kappa shape index (κ2) is 17.0. The van der Waals surface area contributed by atoms with Crippen LogP contribution < -0.4 is 26.6 Å². The Morgan fingerprint density at radius 2 is 1.50 bits per heavy atom. The van der Waals surface area contributed by atoms with Gasteiger partial charge < -0.3 is 26.6 Å². The molecule has 5 atom stereocenters. The number of carbonyl (C=O) groups excluding carboxylic acids is 6. The summed E-state index contributed by atoms with van der Waals surface area (Å²) in [5.41, 5.74) is 0.0501. The van der Waals surface area contributed by atoms with E-state index < -0.39 is 66.3 Å². The van der Waals surface area contributed by atoms with Gasteiger partial charge in [0.15, 0.2) is 0 Å². The summed E-state index contributed by atoms with van der Waals surface area (Å²) >= 11 is 0. The van der Waals surface area contributed by atoms with E-state index in [1.54, 1.807) is 27.7 Å². The highest BCUT2D eigenvalue weighted by Gasteiger charge is 2.36. The van der Waals surface area contributed by atoms with E-state index in [-0.39, 0.29) is 48.4 Å². The molecule has 0 bridgehead atoms. The Morgan fingerprint density at radius 1 is 0.848 bits per heavy atom. The highest BCUT2D eigenvalue weighted by molar-refractivity contribution is 6.38. The normalized spacial score (nSPS) is 19.7. The molecule has 2 fully saturated rings. The molecule has 254 valence electrons. The van der Waals surface area contributed by atoms with Crippen LogP contribution in [0.1, 0.15) is 83.1 Å². The Balaban J connectivity index is 1.55. The Bertz CT molecular complexity index is 1240. The fraction of sp³-hybridized carbons (Fsp3) is 0.677. The topological polar surface area (TPSA) is 188 Å². The van der Waals surface area contributed by atoms with E-state index in [1.807, 2.05) is 0 Å². The molecule has 0 saturated heterocycles. The van der Waals surface area contributed by atoms with Crippen molar-refractivity contribution in [2.24, 2.45) is 23.7 Å². The van der Waals surface area contributed by atoms with Crippen LogP contribution in [0.3, 0.4) is 0 Å². The Labute approximate surface area is 267 Å². The smallest absolute Gasteiger partial charge is 0.289 e. The molecule has 0 aromatic carbocycles. The van der Waals surface area contributed by atoms with Gasteiger partial charge in [-0.25, -0.2) is 13.8 Å². The minimum atomic E-state index is -2.89. The average Bonchev–Trinajstić information content (AvgIpc) is 3.71. The molecule has 1 aromatic heterocycles. The van der Waals surface area contributed by atoms with Crippen molar-refractivity contribution >= 4 is 35.3 Å². The summed E-state index contributed by atoms with van der Waals surface area (Å²) in [6, 6.07) is -3.61. The lowest BCUT2D eigenvalue weighted by molar-refractivity contribution is -0.140. The highest BCUT2D eigenvalue weighted by atomic mass is 19.3. The maximum atomic E-state index is 13.3. The third-order valence-corrected chi connectivity index (χ3v) is 8.28. The lowest BCUT2D eigenvalue weighted by atomic mass is 9.91. The van der Waals surface area contributed by atoms with Crippen LogP contribution in [-0.4, -0.2) is 82.4 Å². The van der Waals surface area contributed by atoms with Crippen LogP contribution in [0, 0.1) is 23.7 Å². The Kier molecular flexibility index (Phi) is 13.5. The molecule has 0 aliphatic heterocycles. The van der Waals surface area contributed by atoms with Crippen LogP contribution in [-0.2, 0) is 24.0 Å². The van der Waals surface area contributed by atoms with Crippen molar-refractivity contribution in [3.8, 4) is 0 Å². The highest BCUT2D eigenvalue weighted by Crippen LogP contribution is 2.34. The largest absolute Gasteiger partial charge is 0.354 e. The number of nitrogens with zero attached hydrogens (tertiary/aromatic N) is 2. The van der Waals surface area contributed by atoms with Crippen LogP contribution in [0.15, 0.2) is 18.6 Å². The van der Waals surface area contributed by atoms with Gasteiger partial charge in [0.2, 0.25) is 29.9 Å². The summed E-state index contributed by atoms with van der Waals surface area (Å²) < 4.78 is 26.3. The van der Waals surface area contributed by atoms with Gasteiger partial charge in [0.25, 0.3) is 11.8 Å². The van der Waals surface area contributed by atoms with Crippen molar-refractivity contribution in [3.63, 3.8) is 0 Å². The zero-order valence-electron chi connectivity index (χ0n) is 26.7. The molecule has 1 aromatic rings. The first-order valence-corrected chi connectivity index (χ1v) is 15.8. The van der Waals surface area contributed by atoms with Gasteiger partial charge in [0.05, 0.1) is 6.20 Å². The van der Waals surface area contributed by atoms with Gasteiger partial charge in [-0.15, -0.1) is 0 Å². The Morgan fingerprint density at radius 3 is 2.09 bits per heavy atom. The quantitative estimate of drug-likeness (QED) is 0.156. The molecule has 46 heavy (non-hydrogen) atoms. The van der Waals surface area contributed by atoms with Gasteiger partial charge in [-0.1, -0.05) is 34.1 Å². The maximum Gasteiger partial charge on any atom is 0.289 e. The molecule has 13 nitrogen and oxygen atoms in total. The van der Waals surface area contributed by atoms with Crippen LogP contribution in [0.5, 0.6) is 0 Å². The molecule has 15 heteroatoms. The van der Waals surface area contributed by atoms with Gasteiger partial charge in [-0.2, -0.15) is 0 Å². The maximum absolute atomic E-state index is 13.3. The summed E-state index contributed by atoms with van der Waals surface area (Å²) in [5, 5.41) is 13.1. The standard InChI is InChI=1S/C31H45F2N7O6/c1-16(2)25(40-30(45)26(17(3)4)39-28(43)22-15-34-10-11-35-22)29(44)36-14-19-7-5-6-18(19)12-24(41)38-21(13-23(32)33)27(42)31(46)37-20-8-9-20/h10-11,15-21,23,25-26H,5-9,12-14H2,1-4H3,(H,36,44)(H,37,46)(H,38,41)(H,39,43)(H,40,45)/t18-,19+,21?,25+,26-/m1/s1. The molecule has 3 rings (SSSR count). The van der Waals surface area contributed by atoms with Gasteiger partial charge in [0, 0.05) is 37.8 Å². The second-order valence-electron chi connectivity index (χ2n) is 12.8. The van der Waals surface area contributed by atoms with Crippen LogP contribution >= 0.6 is 0 Å². The van der Waals surface area contributed by atoms with Gasteiger partial charge in [-0.3, -0.25) is 33.8 Å². The van der Waals surface area contributed by atoms with Crippen LogP contribution in [0.2, 0.25) is 0 Å². The predicted octanol–water partition coefficient (Wildman–Crippen LogP) is 1.28. The zero-order chi connectivity index (χ0) is 34.0. The fourth-order valence-electron chi connectivity index (χ4n) is 5.48. The molecule has 0 radical (unpaired) electrons. The molecule has 0 spiro atoms. The van der Waals surface area contributed by atoms with Gasteiger partial charge in [-0.05, 0) is 49.4 Å². The summed E-state index contributed by atoms with van der Waals surface area (Å²) in [5.74, 6) is -5.09. The van der Waals surface area contributed by atoms with Gasteiger partial charge >= 0.3 is 0 Å². The Hall–Kier alpha value is -4.04. The molecule has 2 saturated carbocycles. The summed E-state index contributed by atoms with van der Waals surface area (Å²) in [4.78, 5) is 84.4. The van der Waals surface area contributed by atoms with Crippen molar-refractivity contribution in [1.29, 1.82) is 0 Å². The van der Waals surface area contributed by atoms with Crippen molar-refractivity contribution in [2.45, 2.75) is 103 Å². The van der Waals surface area contributed by atoms with Crippen molar-refractivity contribution in [3.05, 3.63) is 24.3 Å². The van der Waals surface area contributed by atoms with E-state index in [0.29, 0.717) is 12.8 Å². The zero-order valence-corrected chi connectivity index (χ0v) is 26.7. The van der Waals surface area contributed by atoms with E-state index in [9.17, 15) is 37.5 Å². The molecule has 5 amide bonds. The molecule has 5 N–H and O–H groups in total. The van der Waals surface area contributed by atoms with Crippen LogP contribution in [0.25, 0.3) is 0 Å². The van der Waals surface area contributed by atoms with Crippen molar-refractivity contribution < 1.29 is 37.5 Å². The predicted molar refractivity (Wildman–Crippen MR) is 162 cm³/mol. The number of carbonyl (C=O) groups is 6. The number of hydrogen-bond donors (Lipinski definition) is 5. The van der Waals surface area contributed by atoms with E-state index in [4.69, 9.17) is 0 Å². The lowest BCUT2D eigenvalue weighted by Gasteiger charge is -2.28. The van der Waals surface area contributed by atoms with Crippen molar-refractivity contribution in [2.75, 3.05) is 6.54 Å². The number of amides is 5. The number of aromatic nitrogens is 2. The molecular weight excluding hydrogens is 604 g/mol. The summed E-state index contributed by atoms with van der Waals surface area (Å²) in [6.45, 7) is 7.29. The molecular formula is C31H45F2N7O6. The van der Waals surface area contributed by atoms with E-state index in [2.05, 4.69) is 36.6 Å². The first kappa shape index (κ1) is 36.4. The number of nitrogens with one attached hydrogen (secondary N) is 5. The first-order chi connectivity index (χ1) is 21.8. The fourth-order valence-corrected chi connectivity index (χ4v) is 5.48. The monoisotopic (exact) mass is 649 g/mol. The second-order valence-corrected chi connectivity index (χ2v) is 12.8. The molecule has 1 heterocycles. The molecule has 2 aliphatic carbocycles. The number of rotatable bonds is 17. The van der Waals surface area contributed by atoms with E-state index in [1.165, 1.54) is 18.6 Å². The summed E-state index contributed by atoms with van der Waals surface area (Å²) in [7, 11) is 0. The minimum Gasteiger partial charge on any atom is -0.354 e.